The van der Waals surface area contributed by atoms with Gasteiger partial charge in [0.05, 0.1) is 6.10 Å². The molecule has 2 fully saturated rings. The largest absolute Gasteiger partial charge is 0.364 e. The predicted molar refractivity (Wildman–Crippen MR) is 88.8 cm³/mol. The van der Waals surface area contributed by atoms with Crippen molar-refractivity contribution in [2.75, 3.05) is 0 Å². The third-order valence-corrected chi connectivity index (χ3v) is 5.04. The second-order valence-corrected chi connectivity index (χ2v) is 6.50. The van der Waals surface area contributed by atoms with Gasteiger partial charge in [-0.15, -0.1) is 0 Å². The third kappa shape index (κ3) is 2.81. The van der Waals surface area contributed by atoms with Crippen molar-refractivity contribution in [1.29, 1.82) is 0 Å². The summed E-state index contributed by atoms with van der Waals surface area (Å²) in [5, 5.41) is 3.72. The molecule has 0 amide bonds. The van der Waals surface area contributed by atoms with Gasteiger partial charge in [0.15, 0.2) is 0 Å². The van der Waals surface area contributed by atoms with E-state index in [-0.39, 0.29) is 6.10 Å². The number of ether oxygens (including phenoxy) is 1. The summed E-state index contributed by atoms with van der Waals surface area (Å²) in [5.74, 6) is 0. The van der Waals surface area contributed by atoms with Gasteiger partial charge < -0.3 is 10.1 Å². The Labute approximate surface area is 132 Å². The Morgan fingerprint density at radius 1 is 0.773 bits per heavy atom. The summed E-state index contributed by atoms with van der Waals surface area (Å²) < 4.78 is 6.63. The minimum absolute atomic E-state index is 0.0337. The van der Waals surface area contributed by atoms with Crippen LogP contribution in [0.25, 0.3) is 0 Å². The van der Waals surface area contributed by atoms with Crippen LogP contribution in [0.15, 0.2) is 60.7 Å². The second kappa shape index (κ2) is 6.23. The van der Waals surface area contributed by atoms with E-state index >= 15 is 0 Å². The quantitative estimate of drug-likeness (QED) is 0.917. The molecule has 2 unspecified atom stereocenters. The smallest absolute Gasteiger partial charge is 0.108 e. The van der Waals surface area contributed by atoms with Crippen molar-refractivity contribution in [3.05, 3.63) is 71.8 Å². The number of piperidine rings is 1. The summed E-state index contributed by atoms with van der Waals surface area (Å²) in [6.07, 6.45) is 5.35. The van der Waals surface area contributed by atoms with Crippen LogP contribution >= 0.6 is 0 Å². The van der Waals surface area contributed by atoms with Gasteiger partial charge in [-0.2, -0.15) is 0 Å². The summed E-state index contributed by atoms with van der Waals surface area (Å²) in [4.78, 5) is 0. The SMILES string of the molecule is c1ccc(C(O[C@H]2CCC3CCC2N3)c2ccccc2)cc1. The number of benzene rings is 2. The van der Waals surface area contributed by atoms with Crippen LogP contribution in [0.4, 0.5) is 0 Å². The van der Waals surface area contributed by atoms with E-state index in [0.717, 1.165) is 6.04 Å². The Balaban J connectivity index is 1.60. The number of nitrogens with one attached hydrogen (secondary N) is 1. The fraction of sp³-hybridized carbons (Fsp3) is 0.400. The first-order chi connectivity index (χ1) is 10.9. The minimum Gasteiger partial charge on any atom is -0.364 e. The van der Waals surface area contributed by atoms with Gasteiger partial charge in [-0.25, -0.2) is 0 Å². The van der Waals surface area contributed by atoms with Crippen molar-refractivity contribution < 1.29 is 4.74 Å². The molecule has 2 heteroatoms. The average molecular weight is 293 g/mol. The minimum atomic E-state index is 0.0337. The highest BCUT2D eigenvalue weighted by atomic mass is 16.5. The van der Waals surface area contributed by atoms with E-state index in [2.05, 4.69) is 66.0 Å². The summed E-state index contributed by atoms with van der Waals surface area (Å²) in [7, 11) is 0. The fourth-order valence-corrected chi connectivity index (χ4v) is 3.88. The van der Waals surface area contributed by atoms with E-state index < -0.39 is 0 Å². The first-order valence-corrected chi connectivity index (χ1v) is 8.41. The topological polar surface area (TPSA) is 21.3 Å². The van der Waals surface area contributed by atoms with Crippen LogP contribution < -0.4 is 5.32 Å². The predicted octanol–water partition coefficient (Wildman–Crippen LogP) is 4.08. The van der Waals surface area contributed by atoms with Crippen molar-refractivity contribution in [2.24, 2.45) is 0 Å². The van der Waals surface area contributed by atoms with Crippen LogP contribution in [0.5, 0.6) is 0 Å². The zero-order chi connectivity index (χ0) is 14.8. The molecule has 2 nitrogen and oxygen atoms in total. The molecule has 22 heavy (non-hydrogen) atoms. The summed E-state index contributed by atoms with van der Waals surface area (Å²) in [6, 6.07) is 22.5. The highest BCUT2D eigenvalue weighted by Gasteiger charge is 2.37. The molecule has 2 aromatic carbocycles. The molecular weight excluding hydrogens is 270 g/mol. The molecule has 3 atom stereocenters. The Morgan fingerprint density at radius 3 is 2.00 bits per heavy atom. The molecule has 2 aliphatic rings. The van der Waals surface area contributed by atoms with Crippen LogP contribution in [0.2, 0.25) is 0 Å². The van der Waals surface area contributed by atoms with Crippen LogP contribution in [0.3, 0.4) is 0 Å². The van der Waals surface area contributed by atoms with Crippen LogP contribution in [-0.4, -0.2) is 18.2 Å². The van der Waals surface area contributed by atoms with Gasteiger partial charge in [0.2, 0.25) is 0 Å². The van der Waals surface area contributed by atoms with Gasteiger partial charge >= 0.3 is 0 Å². The monoisotopic (exact) mass is 293 g/mol. The summed E-state index contributed by atoms with van der Waals surface area (Å²) in [5.41, 5.74) is 2.49. The molecule has 0 aliphatic carbocycles. The maximum Gasteiger partial charge on any atom is 0.108 e. The van der Waals surface area contributed by atoms with E-state index in [1.807, 2.05) is 0 Å². The third-order valence-electron chi connectivity index (χ3n) is 5.04. The Bertz CT molecular complexity index is 558. The highest BCUT2D eigenvalue weighted by Crippen LogP contribution is 2.34. The lowest BCUT2D eigenvalue weighted by molar-refractivity contribution is -0.0252. The van der Waals surface area contributed by atoms with Gasteiger partial charge in [-0.3, -0.25) is 0 Å². The highest BCUT2D eigenvalue weighted by molar-refractivity contribution is 5.30. The maximum absolute atomic E-state index is 6.63. The standard InChI is InChI=1S/C20H23NO/c1-3-7-15(8-4-1)20(16-9-5-2-6-10-16)22-19-14-12-17-11-13-18(19)21-17/h1-10,17-21H,11-14H2/t17?,18?,19-/m0/s1. The number of hydrogen-bond acceptors (Lipinski definition) is 2. The molecule has 0 spiro atoms. The molecule has 2 aliphatic heterocycles. The molecule has 1 N–H and O–H groups in total. The average Bonchev–Trinajstić information content (AvgIpc) is 2.98. The molecule has 2 aromatic rings. The van der Waals surface area contributed by atoms with Crippen LogP contribution in [-0.2, 0) is 4.74 Å². The molecule has 0 saturated carbocycles. The maximum atomic E-state index is 6.63. The van der Waals surface area contributed by atoms with Crippen molar-refractivity contribution in [2.45, 2.75) is 50.0 Å². The van der Waals surface area contributed by atoms with E-state index in [9.17, 15) is 0 Å². The van der Waals surface area contributed by atoms with Gasteiger partial charge in [0.1, 0.15) is 6.10 Å². The van der Waals surface area contributed by atoms with Crippen LogP contribution in [0, 0.1) is 0 Å². The van der Waals surface area contributed by atoms with Crippen LogP contribution in [0.1, 0.15) is 42.9 Å². The lowest BCUT2D eigenvalue weighted by atomic mass is 9.98. The molecular formula is C20H23NO. The van der Waals surface area contributed by atoms with E-state index in [1.165, 1.54) is 36.8 Å². The molecule has 0 radical (unpaired) electrons. The zero-order valence-electron chi connectivity index (χ0n) is 12.8. The number of rotatable bonds is 4. The number of fused-ring (bicyclic) bond motifs is 2. The Kier molecular flexibility index (Phi) is 3.96. The Morgan fingerprint density at radius 2 is 1.36 bits per heavy atom. The molecule has 2 bridgehead atoms. The summed E-state index contributed by atoms with van der Waals surface area (Å²) in [6.45, 7) is 0. The molecule has 4 rings (SSSR count). The van der Waals surface area contributed by atoms with Gasteiger partial charge in [-0.1, -0.05) is 60.7 Å². The number of hydrogen-bond donors (Lipinski definition) is 1. The van der Waals surface area contributed by atoms with Crippen molar-refractivity contribution in [3.8, 4) is 0 Å². The second-order valence-electron chi connectivity index (χ2n) is 6.50. The van der Waals surface area contributed by atoms with Gasteiger partial charge in [0.25, 0.3) is 0 Å². The van der Waals surface area contributed by atoms with E-state index in [1.54, 1.807) is 0 Å². The van der Waals surface area contributed by atoms with Crippen molar-refractivity contribution >= 4 is 0 Å². The van der Waals surface area contributed by atoms with Crippen molar-refractivity contribution in [3.63, 3.8) is 0 Å². The fourth-order valence-electron chi connectivity index (χ4n) is 3.88. The van der Waals surface area contributed by atoms with Crippen molar-refractivity contribution in [1.82, 2.24) is 5.32 Å². The normalized spacial score (nSPS) is 27.2. The molecule has 2 heterocycles. The molecule has 2 saturated heterocycles. The van der Waals surface area contributed by atoms with Gasteiger partial charge in [0, 0.05) is 12.1 Å². The summed E-state index contributed by atoms with van der Waals surface area (Å²) >= 11 is 0. The first-order valence-electron chi connectivity index (χ1n) is 8.41. The lowest BCUT2D eigenvalue weighted by Crippen LogP contribution is -2.45. The molecule has 0 aromatic heterocycles. The van der Waals surface area contributed by atoms with Gasteiger partial charge in [-0.05, 0) is 36.8 Å². The lowest BCUT2D eigenvalue weighted by Gasteiger charge is -2.33. The Hall–Kier alpha value is -1.64. The van der Waals surface area contributed by atoms with E-state index in [0.29, 0.717) is 12.1 Å². The zero-order valence-corrected chi connectivity index (χ0v) is 12.8. The van der Waals surface area contributed by atoms with E-state index in [4.69, 9.17) is 4.74 Å². The first kappa shape index (κ1) is 14.0. The molecule has 114 valence electrons.